The Morgan fingerprint density at radius 1 is 1.19 bits per heavy atom. The fraction of sp³-hybridized carbons (Fsp3) is 0.167. The minimum Gasteiger partial charge on any atom is -0.493 e. The number of aromatic nitrogens is 2. The van der Waals surface area contributed by atoms with Crippen molar-refractivity contribution in [2.45, 2.75) is 6.61 Å². The monoisotopic (exact) mass is 482 g/mol. The summed E-state index contributed by atoms with van der Waals surface area (Å²) < 4.78 is 26.7. The lowest BCUT2D eigenvalue weighted by Gasteiger charge is -2.07. The largest absolute Gasteiger partial charge is 0.493 e. The van der Waals surface area contributed by atoms with Crippen molar-refractivity contribution < 1.29 is 27.9 Å². The van der Waals surface area contributed by atoms with Gasteiger partial charge in [-0.3, -0.25) is 0 Å². The Labute approximate surface area is 168 Å². The summed E-state index contributed by atoms with van der Waals surface area (Å²) in [5, 5.41) is 3.88. The summed E-state index contributed by atoms with van der Waals surface area (Å²) in [6.45, 7) is -0.140. The zero-order valence-electron chi connectivity index (χ0n) is 14.5. The molecule has 27 heavy (non-hydrogen) atoms. The Balaban J connectivity index is 1.61. The molecule has 3 aromatic rings. The van der Waals surface area contributed by atoms with E-state index in [1.165, 1.54) is 12.2 Å². The first-order valence-corrected chi connectivity index (χ1v) is 8.82. The molecule has 0 aliphatic rings. The fourth-order valence-corrected chi connectivity index (χ4v) is 2.59. The number of ether oxygens (including phenoxy) is 3. The van der Waals surface area contributed by atoms with Gasteiger partial charge in [-0.15, -0.1) is 0 Å². The van der Waals surface area contributed by atoms with Crippen molar-refractivity contribution in [1.29, 1.82) is 0 Å². The summed E-state index contributed by atoms with van der Waals surface area (Å²) in [6.07, 6.45) is 2.79. The summed E-state index contributed by atoms with van der Waals surface area (Å²) in [6, 6.07) is 8.78. The van der Waals surface area contributed by atoms with Crippen molar-refractivity contribution in [2.24, 2.45) is 0 Å². The van der Waals surface area contributed by atoms with Crippen molar-refractivity contribution in [2.75, 3.05) is 14.2 Å². The van der Waals surface area contributed by atoms with Gasteiger partial charge in [-0.1, -0.05) is 5.16 Å². The van der Waals surface area contributed by atoms with E-state index in [1.54, 1.807) is 44.6 Å². The smallest absolute Gasteiger partial charge is 0.331 e. The zero-order chi connectivity index (χ0) is 19.2. The van der Waals surface area contributed by atoms with Crippen LogP contribution in [-0.4, -0.2) is 30.3 Å². The molecule has 3 rings (SSSR count). The van der Waals surface area contributed by atoms with Crippen LogP contribution < -0.4 is 9.47 Å². The van der Waals surface area contributed by atoms with Crippen molar-refractivity contribution in [3.8, 4) is 22.9 Å². The standard InChI is InChI=1S/C18H15IN2O6/c1-23-13-6-3-11(9-14(13)24-2)18-20-16(27-21-18)10-25-17(22)8-5-12-4-7-15(19)26-12/h3-9H,10H2,1-2H3/b8-5+. The number of hydrogen-bond acceptors (Lipinski definition) is 8. The summed E-state index contributed by atoms with van der Waals surface area (Å²) in [7, 11) is 3.10. The second-order valence-corrected chi connectivity index (χ2v) is 6.23. The number of nitrogens with zero attached hydrogens (tertiary/aromatic N) is 2. The molecule has 0 bridgehead atoms. The van der Waals surface area contributed by atoms with Gasteiger partial charge in [-0.2, -0.15) is 4.98 Å². The number of carbonyl (C=O) groups is 1. The lowest BCUT2D eigenvalue weighted by atomic mass is 10.2. The molecule has 0 fully saturated rings. The Kier molecular flexibility index (Phi) is 6.12. The molecule has 0 N–H and O–H groups in total. The summed E-state index contributed by atoms with van der Waals surface area (Å²) >= 11 is 2.04. The first-order chi connectivity index (χ1) is 13.1. The number of methoxy groups -OCH3 is 2. The highest BCUT2D eigenvalue weighted by atomic mass is 127. The third-order valence-corrected chi connectivity index (χ3v) is 4.01. The highest BCUT2D eigenvalue weighted by Crippen LogP contribution is 2.31. The topological polar surface area (TPSA) is 96.8 Å². The molecule has 2 heterocycles. The molecule has 2 aromatic heterocycles. The second kappa shape index (κ2) is 8.71. The maximum atomic E-state index is 11.8. The van der Waals surface area contributed by atoms with E-state index in [2.05, 4.69) is 10.1 Å². The molecule has 1 aromatic carbocycles. The number of hydrogen-bond donors (Lipinski definition) is 0. The summed E-state index contributed by atoms with van der Waals surface area (Å²) in [4.78, 5) is 16.0. The maximum Gasteiger partial charge on any atom is 0.331 e. The van der Waals surface area contributed by atoms with Crippen LogP contribution in [0.25, 0.3) is 17.5 Å². The number of benzene rings is 1. The van der Waals surface area contributed by atoms with E-state index < -0.39 is 5.97 Å². The Morgan fingerprint density at radius 3 is 2.70 bits per heavy atom. The molecule has 8 nitrogen and oxygen atoms in total. The molecular weight excluding hydrogens is 467 g/mol. The number of furan rings is 1. The van der Waals surface area contributed by atoms with E-state index in [-0.39, 0.29) is 12.5 Å². The molecule has 0 radical (unpaired) electrons. The van der Waals surface area contributed by atoms with E-state index in [1.807, 2.05) is 22.6 Å². The second-order valence-electron chi connectivity index (χ2n) is 5.16. The lowest BCUT2D eigenvalue weighted by Crippen LogP contribution is -2.00. The van der Waals surface area contributed by atoms with Gasteiger partial charge in [0.25, 0.3) is 5.89 Å². The van der Waals surface area contributed by atoms with Crippen molar-refractivity contribution in [3.05, 3.63) is 51.8 Å². The van der Waals surface area contributed by atoms with Crippen LogP contribution in [0, 0.1) is 3.77 Å². The predicted octanol–water partition coefficient (Wildman–Crippen LogP) is 3.71. The van der Waals surface area contributed by atoms with Gasteiger partial charge >= 0.3 is 5.97 Å². The average molecular weight is 482 g/mol. The highest BCUT2D eigenvalue weighted by Gasteiger charge is 2.13. The number of esters is 1. The highest BCUT2D eigenvalue weighted by molar-refractivity contribution is 14.1. The number of halogens is 1. The van der Waals surface area contributed by atoms with Crippen molar-refractivity contribution in [3.63, 3.8) is 0 Å². The van der Waals surface area contributed by atoms with Gasteiger partial charge in [0.05, 0.1) is 14.2 Å². The molecule has 0 saturated carbocycles. The van der Waals surface area contributed by atoms with Gasteiger partial charge in [-0.05, 0) is 59.0 Å². The van der Waals surface area contributed by atoms with Gasteiger partial charge in [0, 0.05) is 11.6 Å². The van der Waals surface area contributed by atoms with Crippen LogP contribution >= 0.6 is 22.6 Å². The molecule has 0 amide bonds. The normalized spacial score (nSPS) is 10.9. The zero-order valence-corrected chi connectivity index (χ0v) is 16.6. The molecule has 0 saturated heterocycles. The first-order valence-electron chi connectivity index (χ1n) is 7.74. The van der Waals surface area contributed by atoms with Crippen LogP contribution in [0.2, 0.25) is 0 Å². The Hall–Kier alpha value is -2.82. The Morgan fingerprint density at radius 2 is 2.00 bits per heavy atom. The molecule has 0 spiro atoms. The minimum atomic E-state index is -0.549. The van der Waals surface area contributed by atoms with Crippen LogP contribution in [0.5, 0.6) is 11.5 Å². The maximum absolute atomic E-state index is 11.8. The third kappa shape index (κ3) is 4.88. The van der Waals surface area contributed by atoms with E-state index in [0.29, 0.717) is 28.6 Å². The summed E-state index contributed by atoms with van der Waals surface area (Å²) in [5.74, 6) is 1.68. The minimum absolute atomic E-state index is 0.140. The van der Waals surface area contributed by atoms with Crippen molar-refractivity contribution >= 4 is 34.6 Å². The van der Waals surface area contributed by atoms with E-state index in [4.69, 9.17) is 23.2 Å². The number of carbonyl (C=O) groups excluding carboxylic acids is 1. The van der Waals surface area contributed by atoms with Crippen LogP contribution in [0.1, 0.15) is 11.7 Å². The van der Waals surface area contributed by atoms with Gasteiger partial charge in [-0.25, -0.2) is 4.79 Å². The molecule has 0 aliphatic heterocycles. The predicted molar refractivity (Wildman–Crippen MR) is 103 cm³/mol. The summed E-state index contributed by atoms with van der Waals surface area (Å²) in [5.41, 5.74) is 0.682. The number of rotatable bonds is 7. The Bertz CT molecular complexity index is 962. The van der Waals surface area contributed by atoms with Crippen molar-refractivity contribution in [1.82, 2.24) is 10.1 Å². The molecule has 0 atom stereocenters. The molecule has 140 valence electrons. The van der Waals surface area contributed by atoms with Gasteiger partial charge in [0.15, 0.2) is 21.9 Å². The van der Waals surface area contributed by atoms with Gasteiger partial charge in [0.1, 0.15) is 5.76 Å². The molecule has 0 unspecified atom stereocenters. The molecule has 9 heteroatoms. The third-order valence-electron chi connectivity index (χ3n) is 3.43. The van der Waals surface area contributed by atoms with Crippen LogP contribution in [0.4, 0.5) is 0 Å². The molecular formula is C18H15IN2O6. The molecule has 0 aliphatic carbocycles. The van der Waals surface area contributed by atoms with E-state index >= 15 is 0 Å². The SMILES string of the molecule is COc1ccc(-c2noc(COC(=O)/C=C/c3ccc(I)o3)n2)cc1OC. The van der Waals surface area contributed by atoms with E-state index in [0.717, 1.165) is 3.77 Å². The van der Waals surface area contributed by atoms with E-state index in [9.17, 15) is 4.79 Å². The van der Waals surface area contributed by atoms with Gasteiger partial charge in [0.2, 0.25) is 5.82 Å². The van der Waals surface area contributed by atoms with Crippen LogP contribution in [-0.2, 0) is 16.1 Å². The lowest BCUT2D eigenvalue weighted by molar-refractivity contribution is -0.139. The fourth-order valence-electron chi connectivity index (χ4n) is 2.16. The van der Waals surface area contributed by atoms with Crippen LogP contribution in [0.15, 0.2) is 45.3 Å². The van der Waals surface area contributed by atoms with Crippen LogP contribution in [0.3, 0.4) is 0 Å². The van der Waals surface area contributed by atoms with Gasteiger partial charge < -0.3 is 23.2 Å². The average Bonchev–Trinajstić information content (AvgIpc) is 3.33. The first kappa shape index (κ1) is 19.0. The quantitative estimate of drug-likeness (QED) is 0.286.